The lowest BCUT2D eigenvalue weighted by Gasteiger charge is -2.23. The van der Waals surface area contributed by atoms with Crippen LogP contribution in [0.5, 0.6) is 0 Å². The number of carbonyl (C=O) groups excluding carboxylic acids is 1. The number of carbonyl (C=O) groups is 1. The molecule has 1 amide bonds. The number of hydrogen-bond donors (Lipinski definition) is 2. The van der Waals surface area contributed by atoms with E-state index in [0.29, 0.717) is 13.2 Å². The van der Waals surface area contributed by atoms with E-state index in [1.54, 1.807) is 18.3 Å². The van der Waals surface area contributed by atoms with Crippen LogP contribution in [0.15, 0.2) is 30.3 Å². The van der Waals surface area contributed by atoms with Crippen molar-refractivity contribution in [2.75, 3.05) is 19.8 Å². The van der Waals surface area contributed by atoms with Crippen molar-refractivity contribution in [3.8, 4) is 0 Å². The molecule has 1 aromatic heterocycles. The van der Waals surface area contributed by atoms with Crippen molar-refractivity contribution in [2.24, 2.45) is 5.92 Å². The third-order valence-electron chi connectivity index (χ3n) is 3.86. The summed E-state index contributed by atoms with van der Waals surface area (Å²) >= 11 is 1.56. The Labute approximate surface area is 127 Å². The van der Waals surface area contributed by atoms with E-state index in [1.165, 1.54) is 0 Å². The first-order valence-electron chi connectivity index (χ1n) is 7.13. The minimum atomic E-state index is -1.06. The van der Waals surface area contributed by atoms with Crippen molar-refractivity contribution >= 4 is 27.3 Å². The predicted molar refractivity (Wildman–Crippen MR) is 83.3 cm³/mol. The average Bonchev–Trinajstić information content (AvgIpc) is 3.13. The number of hydrogen-bond acceptors (Lipinski definition) is 4. The van der Waals surface area contributed by atoms with Crippen molar-refractivity contribution in [2.45, 2.75) is 18.9 Å². The highest BCUT2D eigenvalue weighted by Gasteiger charge is 2.29. The summed E-state index contributed by atoms with van der Waals surface area (Å²) in [5.74, 6) is -0.114. The number of nitrogens with one attached hydrogen (secondary N) is 1. The van der Waals surface area contributed by atoms with Crippen molar-refractivity contribution in [1.29, 1.82) is 0 Å². The lowest BCUT2D eigenvalue weighted by Crippen LogP contribution is -2.41. The second-order valence-corrected chi connectivity index (χ2v) is 6.78. The van der Waals surface area contributed by atoms with Gasteiger partial charge in [0.05, 0.1) is 19.1 Å². The molecule has 4 nitrogen and oxygen atoms in total. The van der Waals surface area contributed by atoms with E-state index >= 15 is 0 Å². The van der Waals surface area contributed by atoms with Crippen molar-refractivity contribution in [1.82, 2.24) is 5.32 Å². The summed E-state index contributed by atoms with van der Waals surface area (Å²) in [5, 5.41) is 14.6. The van der Waals surface area contributed by atoms with Gasteiger partial charge in [-0.15, -0.1) is 11.3 Å². The number of amides is 1. The monoisotopic (exact) mass is 305 g/mol. The Morgan fingerprint density at radius 3 is 3.05 bits per heavy atom. The highest BCUT2D eigenvalue weighted by Crippen LogP contribution is 2.32. The molecular formula is C16H19NO3S. The van der Waals surface area contributed by atoms with E-state index in [0.717, 1.165) is 21.4 Å². The van der Waals surface area contributed by atoms with Gasteiger partial charge in [0.25, 0.3) is 0 Å². The number of ether oxygens (including phenoxy) is 1. The Hall–Kier alpha value is -1.43. The number of thiophene rings is 1. The zero-order chi connectivity index (χ0) is 14.9. The van der Waals surface area contributed by atoms with Crippen LogP contribution in [0.3, 0.4) is 0 Å². The molecule has 1 saturated heterocycles. The molecule has 1 aliphatic rings. The van der Waals surface area contributed by atoms with Gasteiger partial charge in [-0.25, -0.2) is 0 Å². The molecule has 1 aliphatic heterocycles. The number of aliphatic hydroxyl groups is 1. The van der Waals surface area contributed by atoms with Crippen LogP contribution in [-0.2, 0) is 15.1 Å². The van der Waals surface area contributed by atoms with E-state index in [-0.39, 0.29) is 18.4 Å². The number of rotatable bonds is 4. The Morgan fingerprint density at radius 2 is 2.33 bits per heavy atom. The van der Waals surface area contributed by atoms with Crippen LogP contribution in [0.1, 0.15) is 18.2 Å². The maximum atomic E-state index is 12.0. The van der Waals surface area contributed by atoms with Crippen LogP contribution in [0.25, 0.3) is 10.1 Å². The van der Waals surface area contributed by atoms with Crippen LogP contribution < -0.4 is 5.32 Å². The Morgan fingerprint density at radius 1 is 1.52 bits per heavy atom. The zero-order valence-electron chi connectivity index (χ0n) is 12.0. The maximum Gasteiger partial charge on any atom is 0.225 e. The average molecular weight is 305 g/mol. The highest BCUT2D eigenvalue weighted by atomic mass is 32.1. The summed E-state index contributed by atoms with van der Waals surface area (Å²) in [6, 6.07) is 10.0. The molecular weight excluding hydrogens is 286 g/mol. The summed E-state index contributed by atoms with van der Waals surface area (Å²) in [6.07, 6.45) is 0.761. The normalized spacial score (nSPS) is 21.3. The van der Waals surface area contributed by atoms with Crippen LogP contribution in [0, 0.1) is 5.92 Å². The molecule has 0 saturated carbocycles. The molecule has 1 aromatic carbocycles. The minimum absolute atomic E-state index is 0.0334. The van der Waals surface area contributed by atoms with Crippen LogP contribution in [0.4, 0.5) is 0 Å². The fourth-order valence-electron chi connectivity index (χ4n) is 2.48. The van der Waals surface area contributed by atoms with Gasteiger partial charge in [0.1, 0.15) is 5.60 Å². The molecule has 112 valence electrons. The maximum absolute atomic E-state index is 12.0. The summed E-state index contributed by atoms with van der Waals surface area (Å²) in [7, 11) is 0. The van der Waals surface area contributed by atoms with Gasteiger partial charge in [0.15, 0.2) is 0 Å². The molecule has 0 bridgehead atoms. The lowest BCUT2D eigenvalue weighted by atomic mass is 10.0. The van der Waals surface area contributed by atoms with E-state index in [1.807, 2.05) is 30.3 Å². The van der Waals surface area contributed by atoms with Crippen molar-refractivity contribution in [3.05, 3.63) is 35.2 Å². The van der Waals surface area contributed by atoms with Crippen LogP contribution in [0.2, 0.25) is 0 Å². The Bertz CT molecular complexity index is 611. The number of benzene rings is 1. The summed E-state index contributed by atoms with van der Waals surface area (Å²) in [4.78, 5) is 12.9. The first-order chi connectivity index (χ1) is 10.1. The van der Waals surface area contributed by atoms with Gasteiger partial charge in [-0.05, 0) is 30.9 Å². The molecule has 2 aromatic rings. The first kappa shape index (κ1) is 14.5. The number of fused-ring (bicyclic) bond motifs is 1. The lowest BCUT2D eigenvalue weighted by molar-refractivity contribution is -0.126. The van der Waals surface area contributed by atoms with Crippen LogP contribution in [-0.4, -0.2) is 30.8 Å². The first-order valence-corrected chi connectivity index (χ1v) is 7.95. The zero-order valence-corrected chi connectivity index (χ0v) is 12.8. The van der Waals surface area contributed by atoms with Gasteiger partial charge >= 0.3 is 0 Å². The van der Waals surface area contributed by atoms with Gasteiger partial charge in [0.2, 0.25) is 5.91 Å². The standard InChI is InChI=1S/C16H19NO3S/c1-16(19,10-17-15(18)12-6-7-20-9-12)14-8-11-4-2-3-5-13(11)21-14/h2-5,8,12,19H,6-7,9-10H2,1H3,(H,17,18). The minimum Gasteiger partial charge on any atom is -0.383 e. The Balaban J connectivity index is 1.69. The third kappa shape index (κ3) is 3.10. The van der Waals surface area contributed by atoms with E-state index < -0.39 is 5.60 Å². The largest absolute Gasteiger partial charge is 0.383 e. The summed E-state index contributed by atoms with van der Waals surface area (Å²) in [5.41, 5.74) is -1.06. The Kier molecular flexibility index (Phi) is 3.97. The molecule has 2 unspecified atom stereocenters. The molecule has 5 heteroatoms. The fraction of sp³-hybridized carbons (Fsp3) is 0.438. The van der Waals surface area contributed by atoms with E-state index in [2.05, 4.69) is 5.32 Å². The third-order valence-corrected chi connectivity index (χ3v) is 5.23. The SMILES string of the molecule is CC(O)(CNC(=O)C1CCOC1)c1cc2ccccc2s1. The summed E-state index contributed by atoms with van der Waals surface area (Å²) in [6.45, 7) is 3.08. The molecule has 3 rings (SSSR count). The topological polar surface area (TPSA) is 58.6 Å². The van der Waals surface area contributed by atoms with Crippen molar-refractivity contribution < 1.29 is 14.6 Å². The predicted octanol–water partition coefficient (Wildman–Crippen LogP) is 2.26. The van der Waals surface area contributed by atoms with Crippen molar-refractivity contribution in [3.63, 3.8) is 0 Å². The van der Waals surface area contributed by atoms with Gasteiger partial charge in [-0.3, -0.25) is 4.79 Å². The van der Waals surface area contributed by atoms with Gasteiger partial charge in [-0.1, -0.05) is 18.2 Å². The van der Waals surface area contributed by atoms with Crippen LogP contribution >= 0.6 is 11.3 Å². The van der Waals surface area contributed by atoms with Gasteiger partial charge < -0.3 is 15.2 Å². The van der Waals surface area contributed by atoms with E-state index in [4.69, 9.17) is 4.74 Å². The molecule has 21 heavy (non-hydrogen) atoms. The molecule has 2 atom stereocenters. The van der Waals surface area contributed by atoms with Gasteiger partial charge in [0, 0.05) is 16.2 Å². The molecule has 0 spiro atoms. The molecule has 0 aliphatic carbocycles. The smallest absolute Gasteiger partial charge is 0.225 e. The second-order valence-electron chi connectivity index (χ2n) is 5.70. The molecule has 2 heterocycles. The quantitative estimate of drug-likeness (QED) is 0.911. The van der Waals surface area contributed by atoms with E-state index in [9.17, 15) is 9.90 Å². The molecule has 0 radical (unpaired) electrons. The van der Waals surface area contributed by atoms with Gasteiger partial charge in [-0.2, -0.15) is 0 Å². The fourth-order valence-corrected chi connectivity index (χ4v) is 3.59. The highest BCUT2D eigenvalue weighted by molar-refractivity contribution is 7.19. The second kappa shape index (κ2) is 5.75. The molecule has 1 fully saturated rings. The summed E-state index contributed by atoms with van der Waals surface area (Å²) < 4.78 is 6.36. The molecule has 2 N–H and O–H groups in total.